The van der Waals surface area contributed by atoms with Gasteiger partial charge in [-0.3, -0.25) is 0 Å². The summed E-state index contributed by atoms with van der Waals surface area (Å²) in [5, 5.41) is 4.14. The molecule has 0 unspecified atom stereocenters. The van der Waals surface area contributed by atoms with Gasteiger partial charge in [0.2, 0.25) is 0 Å². The van der Waals surface area contributed by atoms with Gasteiger partial charge in [-0.1, -0.05) is 6.07 Å². The lowest BCUT2D eigenvalue weighted by molar-refractivity contribution is -0.140. The molecular formula is C15H13F3N4. The zero-order valence-electron chi connectivity index (χ0n) is 11.9. The van der Waals surface area contributed by atoms with Crippen molar-refractivity contribution in [3.63, 3.8) is 0 Å². The first-order valence-corrected chi connectivity index (χ1v) is 6.60. The summed E-state index contributed by atoms with van der Waals surface area (Å²) in [6, 6.07) is 5.28. The van der Waals surface area contributed by atoms with E-state index in [0.717, 1.165) is 23.1 Å². The summed E-state index contributed by atoms with van der Waals surface area (Å²) >= 11 is 0. The van der Waals surface area contributed by atoms with Gasteiger partial charge in [0.25, 0.3) is 0 Å². The summed E-state index contributed by atoms with van der Waals surface area (Å²) in [5.74, 6) is 0. The molecule has 3 rings (SSSR count). The van der Waals surface area contributed by atoms with Gasteiger partial charge < -0.3 is 4.98 Å². The summed E-state index contributed by atoms with van der Waals surface area (Å²) in [6.45, 7) is 3.66. The van der Waals surface area contributed by atoms with Crippen LogP contribution in [0.2, 0.25) is 0 Å². The standard InChI is InChI=1S/C15H13F3N4/c1-9-6-10(2)12(22-5-3-4-21-22)7-11(9)13-14(15(16,17)18)20-8-19-13/h3-8H,1-2H3,(H,19,20). The molecule has 0 aliphatic carbocycles. The molecule has 0 saturated heterocycles. The Bertz CT molecular complexity index is 801. The Morgan fingerprint density at radius 3 is 2.55 bits per heavy atom. The Morgan fingerprint density at radius 2 is 1.91 bits per heavy atom. The van der Waals surface area contributed by atoms with E-state index in [2.05, 4.69) is 15.1 Å². The second-order valence-corrected chi connectivity index (χ2v) is 5.03. The number of hydrogen-bond acceptors (Lipinski definition) is 2. The van der Waals surface area contributed by atoms with Gasteiger partial charge in [0.15, 0.2) is 0 Å². The first kappa shape index (κ1) is 14.4. The van der Waals surface area contributed by atoms with E-state index in [1.807, 2.05) is 13.0 Å². The normalized spacial score (nSPS) is 11.9. The lowest BCUT2D eigenvalue weighted by Crippen LogP contribution is -2.08. The molecule has 0 bridgehead atoms. The molecule has 1 aromatic carbocycles. The Labute approximate surface area is 124 Å². The van der Waals surface area contributed by atoms with Crippen molar-refractivity contribution in [2.75, 3.05) is 0 Å². The molecule has 0 atom stereocenters. The van der Waals surface area contributed by atoms with Crippen LogP contribution in [0.5, 0.6) is 0 Å². The maximum Gasteiger partial charge on any atom is 0.433 e. The highest BCUT2D eigenvalue weighted by Gasteiger charge is 2.36. The number of benzene rings is 1. The number of aromatic amines is 1. The third kappa shape index (κ3) is 2.38. The van der Waals surface area contributed by atoms with E-state index >= 15 is 0 Å². The molecule has 0 aliphatic heterocycles. The molecule has 4 nitrogen and oxygen atoms in total. The zero-order chi connectivity index (χ0) is 15.9. The van der Waals surface area contributed by atoms with Crippen LogP contribution in [0, 0.1) is 13.8 Å². The van der Waals surface area contributed by atoms with Crippen LogP contribution in [0.25, 0.3) is 16.9 Å². The fourth-order valence-corrected chi connectivity index (χ4v) is 2.47. The van der Waals surface area contributed by atoms with Crippen molar-refractivity contribution in [2.45, 2.75) is 20.0 Å². The molecule has 22 heavy (non-hydrogen) atoms. The van der Waals surface area contributed by atoms with Crippen molar-refractivity contribution < 1.29 is 13.2 Å². The van der Waals surface area contributed by atoms with E-state index in [0.29, 0.717) is 5.56 Å². The van der Waals surface area contributed by atoms with Crippen molar-refractivity contribution in [1.29, 1.82) is 0 Å². The van der Waals surface area contributed by atoms with Gasteiger partial charge in [0.05, 0.1) is 12.0 Å². The highest BCUT2D eigenvalue weighted by atomic mass is 19.4. The number of imidazole rings is 1. The van der Waals surface area contributed by atoms with Crippen LogP contribution in [-0.2, 0) is 6.18 Å². The molecule has 7 heteroatoms. The molecule has 3 aromatic rings. The third-order valence-corrected chi connectivity index (χ3v) is 3.47. The monoisotopic (exact) mass is 306 g/mol. The molecule has 0 spiro atoms. The zero-order valence-corrected chi connectivity index (χ0v) is 11.9. The molecule has 0 aliphatic rings. The van der Waals surface area contributed by atoms with E-state index in [4.69, 9.17) is 0 Å². The average molecular weight is 306 g/mol. The molecule has 2 heterocycles. The van der Waals surface area contributed by atoms with Crippen molar-refractivity contribution >= 4 is 0 Å². The van der Waals surface area contributed by atoms with Crippen LogP contribution in [0.4, 0.5) is 13.2 Å². The minimum absolute atomic E-state index is 0.0987. The number of alkyl halides is 3. The lowest BCUT2D eigenvalue weighted by atomic mass is 10.00. The van der Waals surface area contributed by atoms with Crippen molar-refractivity contribution in [2.24, 2.45) is 0 Å². The molecule has 0 saturated carbocycles. The number of H-pyrrole nitrogens is 1. The Balaban J connectivity index is 2.21. The lowest BCUT2D eigenvalue weighted by Gasteiger charge is -2.13. The molecule has 0 fully saturated rings. The molecule has 2 aromatic heterocycles. The van der Waals surface area contributed by atoms with Crippen LogP contribution in [0.3, 0.4) is 0 Å². The van der Waals surface area contributed by atoms with Crippen molar-refractivity contribution in [3.8, 4) is 16.9 Å². The van der Waals surface area contributed by atoms with Gasteiger partial charge in [-0.2, -0.15) is 18.3 Å². The minimum atomic E-state index is -4.48. The second kappa shape index (κ2) is 5.01. The van der Waals surface area contributed by atoms with Crippen LogP contribution in [0.1, 0.15) is 16.8 Å². The van der Waals surface area contributed by atoms with E-state index in [-0.39, 0.29) is 5.69 Å². The Hall–Kier alpha value is -2.57. The number of rotatable bonds is 2. The number of aromatic nitrogens is 4. The van der Waals surface area contributed by atoms with E-state index in [1.54, 1.807) is 36.1 Å². The van der Waals surface area contributed by atoms with Crippen LogP contribution >= 0.6 is 0 Å². The minimum Gasteiger partial charge on any atom is -0.341 e. The quantitative estimate of drug-likeness (QED) is 0.780. The molecule has 0 radical (unpaired) electrons. The van der Waals surface area contributed by atoms with E-state index in [1.165, 1.54) is 0 Å². The summed E-state index contributed by atoms with van der Waals surface area (Å²) in [5.41, 5.74) is 1.87. The molecule has 114 valence electrons. The maximum atomic E-state index is 13.1. The average Bonchev–Trinajstić information content (AvgIpc) is 3.08. The third-order valence-electron chi connectivity index (χ3n) is 3.47. The van der Waals surface area contributed by atoms with Gasteiger partial charge >= 0.3 is 6.18 Å². The fraction of sp³-hybridized carbons (Fsp3) is 0.200. The van der Waals surface area contributed by atoms with Crippen LogP contribution in [-0.4, -0.2) is 19.7 Å². The number of hydrogen-bond donors (Lipinski definition) is 1. The summed E-state index contributed by atoms with van der Waals surface area (Å²) in [4.78, 5) is 6.04. The summed E-state index contributed by atoms with van der Waals surface area (Å²) < 4.78 is 40.8. The molecule has 1 N–H and O–H groups in total. The first-order valence-electron chi connectivity index (χ1n) is 6.60. The Kier molecular flexibility index (Phi) is 3.27. The van der Waals surface area contributed by atoms with E-state index in [9.17, 15) is 13.2 Å². The predicted octanol–water partition coefficient (Wildman–Crippen LogP) is 3.90. The first-order chi connectivity index (χ1) is 10.4. The van der Waals surface area contributed by atoms with Gasteiger partial charge in [-0.25, -0.2) is 9.67 Å². The van der Waals surface area contributed by atoms with Gasteiger partial charge in [0, 0.05) is 18.0 Å². The largest absolute Gasteiger partial charge is 0.433 e. The number of aryl methyl sites for hydroxylation is 2. The van der Waals surface area contributed by atoms with Gasteiger partial charge in [-0.15, -0.1) is 0 Å². The number of nitrogens with one attached hydrogen (secondary N) is 1. The van der Waals surface area contributed by atoms with Gasteiger partial charge in [0.1, 0.15) is 11.4 Å². The van der Waals surface area contributed by atoms with Crippen LogP contribution in [0.15, 0.2) is 36.9 Å². The SMILES string of the molecule is Cc1cc(C)c(-n2cccn2)cc1-c1nc[nH]c1C(F)(F)F. The van der Waals surface area contributed by atoms with E-state index < -0.39 is 11.9 Å². The molecule has 0 amide bonds. The van der Waals surface area contributed by atoms with Crippen LogP contribution < -0.4 is 0 Å². The summed E-state index contributed by atoms with van der Waals surface area (Å²) in [7, 11) is 0. The van der Waals surface area contributed by atoms with Gasteiger partial charge in [-0.05, 0) is 37.1 Å². The maximum absolute atomic E-state index is 13.1. The predicted molar refractivity (Wildman–Crippen MR) is 75.6 cm³/mol. The van der Waals surface area contributed by atoms with Crippen molar-refractivity contribution in [1.82, 2.24) is 19.7 Å². The smallest absolute Gasteiger partial charge is 0.341 e. The highest BCUT2D eigenvalue weighted by molar-refractivity contribution is 5.70. The Morgan fingerprint density at radius 1 is 1.14 bits per heavy atom. The number of halogens is 3. The second-order valence-electron chi connectivity index (χ2n) is 5.03. The number of nitrogens with zero attached hydrogens (tertiary/aromatic N) is 3. The van der Waals surface area contributed by atoms with Crippen molar-refractivity contribution in [3.05, 3.63) is 53.7 Å². The molecular weight excluding hydrogens is 293 g/mol. The highest BCUT2D eigenvalue weighted by Crippen LogP contribution is 2.36. The summed E-state index contributed by atoms with van der Waals surface area (Å²) in [6.07, 6.45) is -0.0502. The topological polar surface area (TPSA) is 46.5 Å². The fourth-order valence-electron chi connectivity index (χ4n) is 2.47.